The number of benzene rings is 1. The lowest BCUT2D eigenvalue weighted by Crippen LogP contribution is -2.45. The highest BCUT2D eigenvalue weighted by Gasteiger charge is 2.22. The molecule has 4 nitrogen and oxygen atoms in total. The lowest BCUT2D eigenvalue weighted by Gasteiger charge is -2.22. The van der Waals surface area contributed by atoms with Crippen LogP contribution in [0, 0.1) is 0 Å². The minimum absolute atomic E-state index is 0. The van der Waals surface area contributed by atoms with Crippen molar-refractivity contribution in [1.82, 2.24) is 5.32 Å². The van der Waals surface area contributed by atoms with E-state index in [2.05, 4.69) is 22.8 Å². The van der Waals surface area contributed by atoms with Crippen LogP contribution in [0.25, 0.3) is 0 Å². The Bertz CT molecular complexity index is 459. The standard InChI is InChI=1S/C14H18N2O2.ClH/c17-14(13-9-15-6-7-18-13)16-12-5-4-10-2-1-3-11(10)8-12;/h4-5,8,13,15H,1-3,6-7,9H2,(H,16,17);1H. The van der Waals surface area contributed by atoms with Gasteiger partial charge in [0, 0.05) is 18.8 Å². The van der Waals surface area contributed by atoms with Crippen LogP contribution in [0.2, 0.25) is 0 Å². The first-order chi connectivity index (χ1) is 8.83. The summed E-state index contributed by atoms with van der Waals surface area (Å²) in [6.45, 7) is 2.02. The molecule has 5 heteroatoms. The summed E-state index contributed by atoms with van der Waals surface area (Å²) in [6, 6.07) is 6.20. The molecule has 1 amide bonds. The van der Waals surface area contributed by atoms with Gasteiger partial charge in [0.2, 0.25) is 0 Å². The lowest BCUT2D eigenvalue weighted by atomic mass is 10.1. The minimum atomic E-state index is -0.369. The number of halogens is 1. The second kappa shape index (κ2) is 6.37. The van der Waals surface area contributed by atoms with Crippen molar-refractivity contribution in [1.29, 1.82) is 0 Å². The van der Waals surface area contributed by atoms with Crippen molar-refractivity contribution >= 4 is 24.0 Å². The number of rotatable bonds is 2. The minimum Gasteiger partial charge on any atom is -0.366 e. The number of ether oxygens (including phenoxy) is 1. The summed E-state index contributed by atoms with van der Waals surface area (Å²) in [4.78, 5) is 12.0. The van der Waals surface area contributed by atoms with Crippen molar-refractivity contribution in [2.45, 2.75) is 25.4 Å². The molecule has 1 unspecified atom stereocenters. The number of nitrogens with one attached hydrogen (secondary N) is 2. The molecule has 3 rings (SSSR count). The Morgan fingerprint density at radius 2 is 2.16 bits per heavy atom. The normalized spacial score (nSPS) is 21.4. The zero-order chi connectivity index (χ0) is 12.4. The molecule has 1 aromatic rings. The number of fused-ring (bicyclic) bond motifs is 1. The van der Waals surface area contributed by atoms with Crippen LogP contribution in [0.4, 0.5) is 5.69 Å². The van der Waals surface area contributed by atoms with Gasteiger partial charge in [-0.2, -0.15) is 0 Å². The average molecular weight is 283 g/mol. The summed E-state index contributed by atoms with van der Waals surface area (Å²) < 4.78 is 5.43. The van der Waals surface area contributed by atoms with E-state index in [1.165, 1.54) is 24.0 Å². The van der Waals surface area contributed by atoms with Gasteiger partial charge in [0.05, 0.1) is 6.61 Å². The van der Waals surface area contributed by atoms with Gasteiger partial charge in [-0.1, -0.05) is 6.07 Å². The number of amides is 1. The van der Waals surface area contributed by atoms with Crippen LogP contribution in [0.5, 0.6) is 0 Å². The number of morpholine rings is 1. The Balaban J connectivity index is 0.00000133. The van der Waals surface area contributed by atoms with Crippen molar-refractivity contribution in [3.8, 4) is 0 Å². The molecule has 0 radical (unpaired) electrons. The third-order valence-electron chi connectivity index (χ3n) is 3.59. The van der Waals surface area contributed by atoms with Crippen LogP contribution in [0.15, 0.2) is 18.2 Å². The summed E-state index contributed by atoms with van der Waals surface area (Å²) in [5.41, 5.74) is 3.67. The number of carbonyl (C=O) groups is 1. The predicted octanol–water partition coefficient (Wildman–Crippen LogP) is 1.52. The lowest BCUT2D eigenvalue weighted by molar-refractivity contribution is -0.128. The van der Waals surface area contributed by atoms with E-state index < -0.39 is 0 Å². The first kappa shape index (κ1) is 14.3. The van der Waals surface area contributed by atoms with Gasteiger partial charge in [-0.25, -0.2) is 0 Å². The molecule has 0 saturated carbocycles. The van der Waals surface area contributed by atoms with E-state index in [-0.39, 0.29) is 24.4 Å². The third kappa shape index (κ3) is 3.26. The van der Waals surface area contributed by atoms with E-state index in [0.717, 1.165) is 18.7 Å². The molecule has 1 fully saturated rings. The highest BCUT2D eigenvalue weighted by atomic mass is 35.5. The van der Waals surface area contributed by atoms with Crippen LogP contribution < -0.4 is 10.6 Å². The Labute approximate surface area is 119 Å². The van der Waals surface area contributed by atoms with Crippen LogP contribution in [0.1, 0.15) is 17.5 Å². The third-order valence-corrected chi connectivity index (χ3v) is 3.59. The molecule has 1 aliphatic heterocycles. The Hall–Kier alpha value is -1.10. The van der Waals surface area contributed by atoms with Gasteiger partial charge in [0.15, 0.2) is 0 Å². The molecule has 2 N–H and O–H groups in total. The molecule has 0 spiro atoms. The first-order valence-corrected chi connectivity index (χ1v) is 6.58. The van der Waals surface area contributed by atoms with Gasteiger partial charge in [-0.05, 0) is 42.5 Å². The smallest absolute Gasteiger partial charge is 0.254 e. The van der Waals surface area contributed by atoms with Gasteiger partial charge in [-0.3, -0.25) is 4.79 Å². The van der Waals surface area contributed by atoms with Gasteiger partial charge >= 0.3 is 0 Å². The van der Waals surface area contributed by atoms with Crippen molar-refractivity contribution in [2.75, 3.05) is 25.0 Å². The molecule has 1 saturated heterocycles. The second-order valence-electron chi connectivity index (χ2n) is 4.89. The Kier molecular flexibility index (Phi) is 4.80. The molecule has 1 heterocycles. The second-order valence-corrected chi connectivity index (χ2v) is 4.89. The average Bonchev–Trinajstić information content (AvgIpc) is 2.87. The van der Waals surface area contributed by atoms with E-state index in [1.807, 2.05) is 6.07 Å². The number of hydrogen-bond donors (Lipinski definition) is 2. The van der Waals surface area contributed by atoms with Gasteiger partial charge in [0.1, 0.15) is 6.10 Å². The fourth-order valence-electron chi connectivity index (χ4n) is 2.61. The number of carbonyl (C=O) groups excluding carboxylic acids is 1. The van der Waals surface area contributed by atoms with Crippen molar-refractivity contribution < 1.29 is 9.53 Å². The summed E-state index contributed by atoms with van der Waals surface area (Å²) in [6.07, 6.45) is 3.15. The topological polar surface area (TPSA) is 50.4 Å². The zero-order valence-corrected chi connectivity index (χ0v) is 11.6. The molecule has 104 valence electrons. The fraction of sp³-hybridized carbons (Fsp3) is 0.500. The van der Waals surface area contributed by atoms with Crippen molar-refractivity contribution in [3.63, 3.8) is 0 Å². The molecule has 0 aromatic heterocycles. The summed E-state index contributed by atoms with van der Waals surface area (Å²) >= 11 is 0. The van der Waals surface area contributed by atoms with E-state index in [4.69, 9.17) is 4.74 Å². The van der Waals surface area contributed by atoms with Gasteiger partial charge in [-0.15, -0.1) is 12.4 Å². The van der Waals surface area contributed by atoms with E-state index in [0.29, 0.717) is 13.2 Å². The highest BCUT2D eigenvalue weighted by molar-refractivity contribution is 5.94. The largest absolute Gasteiger partial charge is 0.366 e. The van der Waals surface area contributed by atoms with Crippen LogP contribution >= 0.6 is 12.4 Å². The summed E-state index contributed by atoms with van der Waals surface area (Å²) in [5, 5.41) is 6.09. The van der Waals surface area contributed by atoms with Crippen LogP contribution in [-0.4, -0.2) is 31.7 Å². The molecular weight excluding hydrogens is 264 g/mol. The monoisotopic (exact) mass is 282 g/mol. The van der Waals surface area contributed by atoms with E-state index in [1.54, 1.807) is 0 Å². The Morgan fingerprint density at radius 1 is 1.32 bits per heavy atom. The number of anilines is 1. The fourth-order valence-corrected chi connectivity index (χ4v) is 2.61. The molecular formula is C14H19ClN2O2. The van der Waals surface area contributed by atoms with E-state index >= 15 is 0 Å². The SMILES string of the molecule is Cl.O=C(Nc1ccc2c(c1)CCC2)C1CNCCO1. The summed E-state index contributed by atoms with van der Waals surface area (Å²) in [7, 11) is 0. The quantitative estimate of drug-likeness (QED) is 0.865. The predicted molar refractivity (Wildman–Crippen MR) is 77.0 cm³/mol. The van der Waals surface area contributed by atoms with Gasteiger partial charge in [0.25, 0.3) is 5.91 Å². The molecule has 1 atom stereocenters. The zero-order valence-electron chi connectivity index (χ0n) is 10.8. The van der Waals surface area contributed by atoms with E-state index in [9.17, 15) is 4.79 Å². The van der Waals surface area contributed by atoms with Crippen molar-refractivity contribution in [3.05, 3.63) is 29.3 Å². The molecule has 0 bridgehead atoms. The maximum absolute atomic E-state index is 12.0. The Morgan fingerprint density at radius 3 is 2.95 bits per heavy atom. The molecule has 1 aliphatic carbocycles. The molecule has 2 aliphatic rings. The summed E-state index contributed by atoms with van der Waals surface area (Å²) in [5.74, 6) is -0.0554. The van der Waals surface area contributed by atoms with Crippen LogP contribution in [0.3, 0.4) is 0 Å². The first-order valence-electron chi connectivity index (χ1n) is 6.58. The van der Waals surface area contributed by atoms with Crippen LogP contribution in [-0.2, 0) is 22.4 Å². The molecule has 19 heavy (non-hydrogen) atoms. The maximum Gasteiger partial charge on any atom is 0.254 e. The van der Waals surface area contributed by atoms with Gasteiger partial charge < -0.3 is 15.4 Å². The maximum atomic E-state index is 12.0. The number of hydrogen-bond acceptors (Lipinski definition) is 3. The number of aryl methyl sites for hydroxylation is 2. The molecule has 1 aromatic carbocycles. The van der Waals surface area contributed by atoms with Crippen molar-refractivity contribution in [2.24, 2.45) is 0 Å². The highest BCUT2D eigenvalue weighted by Crippen LogP contribution is 2.25.